The molecule has 7 heteroatoms. The number of carbonyl (C=O) groups excluding carboxylic acids is 2. The van der Waals surface area contributed by atoms with Crippen molar-refractivity contribution >= 4 is 63.0 Å². The van der Waals surface area contributed by atoms with E-state index in [1.807, 2.05) is 73.7 Å². The summed E-state index contributed by atoms with van der Waals surface area (Å²) in [5.74, 6) is -0.424. The van der Waals surface area contributed by atoms with Gasteiger partial charge in [-0.15, -0.1) is 0 Å². The molecule has 0 radical (unpaired) electrons. The summed E-state index contributed by atoms with van der Waals surface area (Å²) in [5.41, 5.74) is 3.90. The van der Waals surface area contributed by atoms with Crippen molar-refractivity contribution in [1.29, 1.82) is 0 Å². The number of para-hydroxylation sites is 1. The van der Waals surface area contributed by atoms with Crippen molar-refractivity contribution in [2.24, 2.45) is 0 Å². The average molecular weight is 491 g/mol. The van der Waals surface area contributed by atoms with E-state index in [1.165, 1.54) is 11.8 Å². The summed E-state index contributed by atoms with van der Waals surface area (Å²) in [6, 6.07) is 24.5. The summed E-state index contributed by atoms with van der Waals surface area (Å²) in [7, 11) is 0. The molecule has 164 valence electrons. The maximum absolute atomic E-state index is 13.6. The first-order chi connectivity index (χ1) is 16.0. The van der Waals surface area contributed by atoms with Crippen LogP contribution in [0.1, 0.15) is 29.7 Å². The fraction of sp³-hybridized carbons (Fsp3) is 0.115. The molecule has 0 saturated carbocycles. The minimum atomic E-state index is -0.229. The summed E-state index contributed by atoms with van der Waals surface area (Å²) in [6.45, 7) is 2.34. The minimum absolute atomic E-state index is 0.195. The number of rotatable bonds is 4. The molecule has 0 spiro atoms. The van der Waals surface area contributed by atoms with Gasteiger partial charge in [-0.3, -0.25) is 14.5 Å². The van der Waals surface area contributed by atoms with E-state index in [0.29, 0.717) is 26.4 Å². The third kappa shape index (κ3) is 3.88. The average Bonchev–Trinajstić information content (AvgIpc) is 3.27. The third-order valence-corrected chi connectivity index (χ3v) is 7.53. The molecule has 2 heterocycles. The molecule has 0 N–H and O–H groups in total. The Kier molecular flexibility index (Phi) is 5.83. The highest BCUT2D eigenvalue weighted by atomic mass is 35.5. The highest BCUT2D eigenvalue weighted by molar-refractivity contribution is 8.26. The Hall–Kier alpha value is -2.93. The van der Waals surface area contributed by atoms with Crippen molar-refractivity contribution in [2.45, 2.75) is 19.5 Å². The Balaban J connectivity index is 1.53. The van der Waals surface area contributed by atoms with E-state index < -0.39 is 0 Å². The first kappa shape index (κ1) is 21.9. The zero-order valence-corrected chi connectivity index (χ0v) is 20.1. The molecule has 1 saturated heterocycles. The third-order valence-electron chi connectivity index (χ3n) is 5.87. The van der Waals surface area contributed by atoms with Gasteiger partial charge in [0.2, 0.25) is 0 Å². The largest absolute Gasteiger partial charge is 0.303 e. The predicted molar refractivity (Wildman–Crippen MR) is 138 cm³/mol. The van der Waals surface area contributed by atoms with Crippen molar-refractivity contribution in [3.63, 3.8) is 0 Å². The van der Waals surface area contributed by atoms with Crippen LogP contribution in [-0.4, -0.2) is 21.0 Å². The van der Waals surface area contributed by atoms with Gasteiger partial charge in [-0.25, -0.2) is 0 Å². The van der Waals surface area contributed by atoms with E-state index in [2.05, 4.69) is 0 Å². The summed E-state index contributed by atoms with van der Waals surface area (Å²) in [4.78, 5) is 30.9. The standard InChI is InChI=1S/C26H19ClN2O2S2/c1-16(18-7-3-2-4-8-18)29-25(31)23(33-26(29)32)22-20-9-5-6-10-21(20)28(24(22)30)15-17-11-13-19(27)14-12-17/h2-14,16H,15H2,1H3. The van der Waals surface area contributed by atoms with E-state index in [-0.39, 0.29) is 17.9 Å². The number of benzene rings is 3. The molecular weight excluding hydrogens is 472 g/mol. The second kappa shape index (κ2) is 8.78. The van der Waals surface area contributed by atoms with Crippen LogP contribution in [0.3, 0.4) is 0 Å². The minimum Gasteiger partial charge on any atom is -0.303 e. The molecule has 0 bridgehead atoms. The van der Waals surface area contributed by atoms with Gasteiger partial charge in [0.1, 0.15) is 4.32 Å². The lowest BCUT2D eigenvalue weighted by atomic mass is 10.1. The molecule has 4 nitrogen and oxygen atoms in total. The summed E-state index contributed by atoms with van der Waals surface area (Å²) < 4.78 is 0.459. The van der Waals surface area contributed by atoms with Gasteiger partial charge in [0, 0.05) is 10.6 Å². The first-order valence-electron chi connectivity index (χ1n) is 10.5. The number of hydrogen-bond acceptors (Lipinski definition) is 4. The number of halogens is 1. The lowest BCUT2D eigenvalue weighted by Gasteiger charge is -2.23. The van der Waals surface area contributed by atoms with E-state index >= 15 is 0 Å². The van der Waals surface area contributed by atoms with Gasteiger partial charge in [0.25, 0.3) is 11.8 Å². The van der Waals surface area contributed by atoms with Crippen LogP contribution in [0.2, 0.25) is 5.02 Å². The molecule has 3 aromatic carbocycles. The van der Waals surface area contributed by atoms with Gasteiger partial charge >= 0.3 is 0 Å². The monoisotopic (exact) mass is 490 g/mol. The first-order valence-corrected chi connectivity index (χ1v) is 12.1. The zero-order chi connectivity index (χ0) is 23.1. The zero-order valence-electron chi connectivity index (χ0n) is 17.7. The summed E-state index contributed by atoms with van der Waals surface area (Å²) >= 11 is 12.8. The second-order valence-electron chi connectivity index (χ2n) is 7.87. The van der Waals surface area contributed by atoms with Crippen LogP contribution in [-0.2, 0) is 16.1 Å². The molecule has 2 aliphatic heterocycles. The maximum Gasteiger partial charge on any atom is 0.267 e. The number of anilines is 1. The smallest absolute Gasteiger partial charge is 0.267 e. The van der Waals surface area contributed by atoms with Gasteiger partial charge in [0.15, 0.2) is 0 Å². The van der Waals surface area contributed by atoms with E-state index in [1.54, 1.807) is 21.9 Å². The van der Waals surface area contributed by atoms with Gasteiger partial charge in [-0.2, -0.15) is 0 Å². The Labute approximate surface area is 206 Å². The van der Waals surface area contributed by atoms with Gasteiger partial charge in [-0.1, -0.05) is 96.2 Å². The van der Waals surface area contributed by atoms with E-state index in [4.69, 9.17) is 23.8 Å². The van der Waals surface area contributed by atoms with Gasteiger partial charge in [0.05, 0.1) is 28.8 Å². The topological polar surface area (TPSA) is 40.6 Å². The molecule has 1 atom stereocenters. The summed E-state index contributed by atoms with van der Waals surface area (Å²) in [5, 5.41) is 0.642. The number of thioether (sulfide) groups is 1. The molecule has 0 aromatic heterocycles. The highest BCUT2D eigenvalue weighted by Gasteiger charge is 2.43. The molecule has 1 unspecified atom stereocenters. The number of fused-ring (bicyclic) bond motifs is 1. The van der Waals surface area contributed by atoms with Crippen molar-refractivity contribution in [3.05, 3.63) is 105 Å². The number of amides is 2. The maximum atomic E-state index is 13.6. The number of thiocarbonyl (C=S) groups is 1. The SMILES string of the molecule is CC(c1ccccc1)N1C(=O)C(=C2C(=O)N(Cc3ccc(Cl)cc3)c3ccccc32)SC1=S. The van der Waals surface area contributed by atoms with Gasteiger partial charge in [-0.05, 0) is 36.2 Å². The molecule has 1 fully saturated rings. The van der Waals surface area contributed by atoms with E-state index in [9.17, 15) is 9.59 Å². The molecule has 33 heavy (non-hydrogen) atoms. The van der Waals surface area contributed by atoms with Crippen LogP contribution in [0.5, 0.6) is 0 Å². The van der Waals surface area contributed by atoms with Crippen LogP contribution < -0.4 is 4.90 Å². The fourth-order valence-electron chi connectivity index (χ4n) is 4.17. The number of hydrogen-bond donors (Lipinski definition) is 0. The molecule has 0 aliphatic carbocycles. The van der Waals surface area contributed by atoms with Crippen LogP contribution in [0.15, 0.2) is 83.8 Å². The predicted octanol–water partition coefficient (Wildman–Crippen LogP) is 6.22. The Morgan fingerprint density at radius 1 is 0.909 bits per heavy atom. The molecule has 5 rings (SSSR count). The van der Waals surface area contributed by atoms with Crippen molar-refractivity contribution in [3.8, 4) is 0 Å². The van der Waals surface area contributed by atoms with Crippen molar-refractivity contribution in [1.82, 2.24) is 4.90 Å². The summed E-state index contributed by atoms with van der Waals surface area (Å²) in [6.07, 6.45) is 0. The molecular formula is C26H19ClN2O2S2. The van der Waals surface area contributed by atoms with Crippen molar-refractivity contribution < 1.29 is 9.59 Å². The van der Waals surface area contributed by atoms with Gasteiger partial charge < -0.3 is 4.90 Å². The quantitative estimate of drug-likeness (QED) is 0.321. The molecule has 2 aliphatic rings. The highest BCUT2D eigenvalue weighted by Crippen LogP contribution is 2.46. The Morgan fingerprint density at radius 3 is 2.30 bits per heavy atom. The van der Waals surface area contributed by atoms with Crippen LogP contribution in [0.4, 0.5) is 5.69 Å². The lowest BCUT2D eigenvalue weighted by molar-refractivity contribution is -0.123. The fourth-order valence-corrected chi connectivity index (χ4v) is 5.79. The lowest BCUT2D eigenvalue weighted by Crippen LogP contribution is -2.31. The molecule has 2 amide bonds. The van der Waals surface area contributed by atoms with E-state index in [0.717, 1.165) is 22.4 Å². The van der Waals surface area contributed by atoms with Crippen LogP contribution >= 0.6 is 35.6 Å². The van der Waals surface area contributed by atoms with Crippen LogP contribution in [0, 0.1) is 0 Å². The number of carbonyl (C=O) groups is 2. The molecule has 3 aromatic rings. The normalized spacial score (nSPS) is 18.8. The number of nitrogens with zero attached hydrogens (tertiary/aromatic N) is 2. The van der Waals surface area contributed by atoms with Crippen molar-refractivity contribution in [2.75, 3.05) is 4.90 Å². The second-order valence-corrected chi connectivity index (χ2v) is 9.95. The Bertz CT molecular complexity index is 1310. The van der Waals surface area contributed by atoms with Crippen LogP contribution in [0.25, 0.3) is 5.57 Å². The Morgan fingerprint density at radius 2 is 1.58 bits per heavy atom.